The molecule has 5 heteroatoms. The van der Waals surface area contributed by atoms with Crippen LogP contribution in [0.3, 0.4) is 0 Å². The number of aryl methyl sites for hydroxylation is 2. The summed E-state index contributed by atoms with van der Waals surface area (Å²) in [5, 5.41) is 2.70. The summed E-state index contributed by atoms with van der Waals surface area (Å²) < 4.78 is 0. The number of aromatic amines is 1. The van der Waals surface area contributed by atoms with Crippen LogP contribution in [0.4, 0.5) is 0 Å². The molecule has 2 heterocycles. The van der Waals surface area contributed by atoms with Crippen molar-refractivity contribution in [2.45, 2.75) is 31.6 Å². The van der Waals surface area contributed by atoms with E-state index >= 15 is 0 Å². The molecule has 0 atom stereocenters. The van der Waals surface area contributed by atoms with Crippen molar-refractivity contribution < 1.29 is 0 Å². The second-order valence-electron chi connectivity index (χ2n) is 5.67. The smallest absolute Gasteiger partial charge is 0.260 e. The quantitative estimate of drug-likeness (QED) is 0.713. The molecule has 1 aromatic carbocycles. The van der Waals surface area contributed by atoms with Crippen molar-refractivity contribution in [3.8, 4) is 11.1 Å². The summed E-state index contributed by atoms with van der Waals surface area (Å²) in [5.74, 6) is 0.745. The maximum Gasteiger partial charge on any atom is 0.260 e. The summed E-state index contributed by atoms with van der Waals surface area (Å²) in [5.41, 5.74) is 4.85. The Balaban J connectivity index is 1.89. The number of alkyl halides is 1. The molecule has 1 N–H and O–H groups in total. The zero-order valence-corrected chi connectivity index (χ0v) is 13.6. The maximum atomic E-state index is 12.4. The van der Waals surface area contributed by atoms with Crippen molar-refractivity contribution in [3.63, 3.8) is 0 Å². The van der Waals surface area contributed by atoms with Crippen LogP contribution in [-0.2, 0) is 18.7 Å². The van der Waals surface area contributed by atoms with Crippen molar-refractivity contribution in [1.29, 1.82) is 0 Å². The molecule has 0 spiro atoms. The highest BCUT2D eigenvalue weighted by Gasteiger charge is 2.15. The van der Waals surface area contributed by atoms with Crippen LogP contribution in [0, 0.1) is 0 Å². The number of rotatable bonds is 2. The van der Waals surface area contributed by atoms with E-state index in [9.17, 15) is 4.79 Å². The minimum absolute atomic E-state index is 0.102. The summed E-state index contributed by atoms with van der Waals surface area (Å²) >= 11 is 7.27. The van der Waals surface area contributed by atoms with Gasteiger partial charge in [-0.15, -0.1) is 22.9 Å². The molecule has 1 aliphatic carbocycles. The normalized spacial score (nSPS) is 14.2. The Morgan fingerprint density at radius 3 is 2.86 bits per heavy atom. The third-order valence-corrected chi connectivity index (χ3v) is 5.40. The Hall–Kier alpha value is -1.65. The lowest BCUT2D eigenvalue weighted by Gasteiger charge is -2.16. The number of fused-ring (bicyclic) bond motifs is 2. The molecule has 3 nitrogen and oxygen atoms in total. The topological polar surface area (TPSA) is 45.8 Å². The van der Waals surface area contributed by atoms with Crippen LogP contribution in [0.15, 0.2) is 28.4 Å². The van der Waals surface area contributed by atoms with Crippen molar-refractivity contribution >= 4 is 33.2 Å². The first-order valence-electron chi connectivity index (χ1n) is 7.45. The van der Waals surface area contributed by atoms with Crippen LogP contribution in [0.25, 0.3) is 21.3 Å². The molecule has 0 saturated heterocycles. The third-order valence-electron chi connectivity index (χ3n) is 4.28. The van der Waals surface area contributed by atoms with E-state index in [0.29, 0.717) is 11.2 Å². The minimum atomic E-state index is -0.102. The van der Waals surface area contributed by atoms with Gasteiger partial charge in [-0.25, -0.2) is 4.98 Å². The van der Waals surface area contributed by atoms with Gasteiger partial charge in [0.2, 0.25) is 0 Å². The van der Waals surface area contributed by atoms with Crippen molar-refractivity contribution in [1.82, 2.24) is 9.97 Å². The molecule has 0 aliphatic heterocycles. The molecule has 4 rings (SSSR count). The largest absolute Gasteiger partial charge is 0.309 e. The molecule has 0 unspecified atom stereocenters. The highest BCUT2D eigenvalue weighted by Crippen LogP contribution is 2.33. The highest BCUT2D eigenvalue weighted by atomic mass is 35.5. The SMILES string of the molecule is O=c1[nH]c(CCl)nc2scc(-c3ccc4c(c3)CCCC4)c12. The predicted octanol–water partition coefficient (Wildman–Crippen LogP) is 4.27. The van der Waals surface area contributed by atoms with E-state index in [1.807, 2.05) is 5.38 Å². The van der Waals surface area contributed by atoms with Gasteiger partial charge in [-0.1, -0.05) is 18.2 Å². The van der Waals surface area contributed by atoms with Gasteiger partial charge in [0.1, 0.15) is 10.7 Å². The first kappa shape index (κ1) is 14.0. The molecule has 0 amide bonds. The van der Waals surface area contributed by atoms with Gasteiger partial charge in [0.05, 0.1) is 11.3 Å². The molecule has 22 heavy (non-hydrogen) atoms. The second kappa shape index (κ2) is 5.52. The number of hydrogen-bond acceptors (Lipinski definition) is 3. The predicted molar refractivity (Wildman–Crippen MR) is 91.9 cm³/mol. The van der Waals surface area contributed by atoms with Gasteiger partial charge in [0.15, 0.2) is 0 Å². The maximum absolute atomic E-state index is 12.4. The molecule has 1 aliphatic rings. The minimum Gasteiger partial charge on any atom is -0.309 e. The average molecular weight is 331 g/mol. The molecule has 2 aromatic heterocycles. The van der Waals surface area contributed by atoms with E-state index < -0.39 is 0 Å². The van der Waals surface area contributed by atoms with Gasteiger partial charge >= 0.3 is 0 Å². The Labute approximate surface area is 137 Å². The number of H-pyrrole nitrogens is 1. The van der Waals surface area contributed by atoms with E-state index in [1.165, 1.54) is 41.7 Å². The lowest BCUT2D eigenvalue weighted by molar-refractivity contribution is 0.686. The second-order valence-corrected chi connectivity index (χ2v) is 6.79. The summed E-state index contributed by atoms with van der Waals surface area (Å²) in [6.45, 7) is 0. The molecule has 0 fully saturated rings. The third kappa shape index (κ3) is 2.27. The fraction of sp³-hybridized carbons (Fsp3) is 0.294. The van der Waals surface area contributed by atoms with Gasteiger partial charge in [-0.3, -0.25) is 4.79 Å². The molecule has 0 saturated carbocycles. The number of halogens is 1. The first-order valence-corrected chi connectivity index (χ1v) is 8.86. The number of aromatic nitrogens is 2. The lowest BCUT2D eigenvalue weighted by Crippen LogP contribution is -2.10. The summed E-state index contributed by atoms with van der Waals surface area (Å²) in [6.07, 6.45) is 4.83. The Morgan fingerprint density at radius 1 is 1.23 bits per heavy atom. The van der Waals surface area contributed by atoms with Crippen LogP contribution < -0.4 is 5.56 Å². The number of thiophene rings is 1. The van der Waals surface area contributed by atoms with Crippen LogP contribution in [0.2, 0.25) is 0 Å². The van der Waals surface area contributed by atoms with Gasteiger partial charge < -0.3 is 4.98 Å². The Kier molecular flexibility index (Phi) is 3.51. The number of hydrogen-bond donors (Lipinski definition) is 1. The molecule has 112 valence electrons. The van der Waals surface area contributed by atoms with E-state index in [-0.39, 0.29) is 11.4 Å². The van der Waals surface area contributed by atoms with E-state index in [4.69, 9.17) is 11.6 Å². The van der Waals surface area contributed by atoms with Gasteiger partial charge in [-0.2, -0.15) is 0 Å². The van der Waals surface area contributed by atoms with E-state index in [1.54, 1.807) is 0 Å². The molecule has 3 aromatic rings. The zero-order valence-electron chi connectivity index (χ0n) is 12.0. The number of nitrogens with zero attached hydrogens (tertiary/aromatic N) is 1. The zero-order chi connectivity index (χ0) is 15.1. The Bertz CT molecular complexity index is 913. The Morgan fingerprint density at radius 2 is 2.05 bits per heavy atom. The summed E-state index contributed by atoms with van der Waals surface area (Å²) in [6, 6.07) is 6.58. The van der Waals surface area contributed by atoms with Crippen molar-refractivity contribution in [3.05, 3.63) is 50.9 Å². The molecular weight excluding hydrogens is 316 g/mol. The molecule has 0 radical (unpaired) electrons. The first-order chi connectivity index (χ1) is 10.8. The van der Waals surface area contributed by atoms with Gasteiger partial charge in [0.25, 0.3) is 5.56 Å². The van der Waals surface area contributed by atoms with Gasteiger partial charge in [0, 0.05) is 10.9 Å². The van der Waals surface area contributed by atoms with Crippen molar-refractivity contribution in [2.24, 2.45) is 0 Å². The summed E-state index contributed by atoms with van der Waals surface area (Å²) in [4.78, 5) is 20.3. The van der Waals surface area contributed by atoms with Crippen LogP contribution in [0.1, 0.15) is 29.8 Å². The van der Waals surface area contributed by atoms with Crippen molar-refractivity contribution in [2.75, 3.05) is 0 Å². The average Bonchev–Trinajstić information content (AvgIpc) is 2.98. The lowest BCUT2D eigenvalue weighted by atomic mass is 9.89. The number of nitrogens with one attached hydrogen (secondary N) is 1. The van der Waals surface area contributed by atoms with Crippen LogP contribution in [0.5, 0.6) is 0 Å². The standard InChI is InChI=1S/C17H15ClN2OS/c18-8-14-19-16(21)15-13(9-22-17(15)20-14)12-6-5-10-3-1-2-4-11(10)7-12/h5-7,9H,1-4,8H2,(H,19,20,21). The highest BCUT2D eigenvalue weighted by molar-refractivity contribution is 7.17. The van der Waals surface area contributed by atoms with Gasteiger partial charge in [-0.05, 0) is 42.4 Å². The molecular formula is C17H15ClN2OS. The molecule has 0 bridgehead atoms. The monoisotopic (exact) mass is 330 g/mol. The number of benzene rings is 1. The van der Waals surface area contributed by atoms with Crippen LogP contribution >= 0.6 is 22.9 Å². The van der Waals surface area contributed by atoms with E-state index in [2.05, 4.69) is 28.2 Å². The fourth-order valence-corrected chi connectivity index (χ4v) is 4.26. The van der Waals surface area contributed by atoms with Crippen LogP contribution in [-0.4, -0.2) is 9.97 Å². The van der Waals surface area contributed by atoms with E-state index in [0.717, 1.165) is 22.4 Å². The summed E-state index contributed by atoms with van der Waals surface area (Å²) in [7, 11) is 0. The fourth-order valence-electron chi connectivity index (χ4n) is 3.17.